The quantitative estimate of drug-likeness (QED) is 0.625. The number of fused-ring (bicyclic) bond motifs is 3. The molecule has 1 N–H and O–H groups in total. The van der Waals surface area contributed by atoms with E-state index in [0.29, 0.717) is 6.54 Å². The normalized spacial score (nSPS) is 19.8. The molecule has 0 aliphatic carbocycles. The van der Waals surface area contributed by atoms with E-state index in [-0.39, 0.29) is 17.9 Å². The summed E-state index contributed by atoms with van der Waals surface area (Å²) >= 11 is 6.25. The second kappa shape index (κ2) is 9.25. The molecule has 1 amide bonds. The molecule has 0 saturated carbocycles. The predicted molar refractivity (Wildman–Crippen MR) is 132 cm³/mol. The number of rotatable bonds is 5. The van der Waals surface area contributed by atoms with Crippen LogP contribution >= 0.6 is 11.6 Å². The van der Waals surface area contributed by atoms with Crippen LogP contribution in [0.1, 0.15) is 11.1 Å². The van der Waals surface area contributed by atoms with E-state index >= 15 is 0 Å². The Balaban J connectivity index is 1.35. The summed E-state index contributed by atoms with van der Waals surface area (Å²) in [6.07, 6.45) is 1.62. The number of hydrogen-bond donors (Lipinski definition) is 1. The summed E-state index contributed by atoms with van der Waals surface area (Å²) in [6.45, 7) is 3.27. The van der Waals surface area contributed by atoms with Gasteiger partial charge in [-0.05, 0) is 48.2 Å². The number of anilines is 2. The summed E-state index contributed by atoms with van der Waals surface area (Å²) in [6, 6.07) is 27.0. The molecule has 164 valence electrons. The summed E-state index contributed by atoms with van der Waals surface area (Å²) in [4.78, 5) is 18.2. The number of benzene rings is 3. The SMILES string of the molecule is O=C(NCCc1ccccc1)[C@@H]1Cc2ccccc2N2CCN(c3cccc(Cl)c3)C[C@@H]12. The van der Waals surface area contributed by atoms with Gasteiger partial charge in [-0.15, -0.1) is 0 Å². The minimum Gasteiger partial charge on any atom is -0.368 e. The predicted octanol–water partition coefficient (Wildman–Crippen LogP) is 4.57. The monoisotopic (exact) mass is 445 g/mol. The second-order valence-corrected chi connectivity index (χ2v) is 9.09. The maximum Gasteiger partial charge on any atom is 0.225 e. The number of para-hydroxylation sites is 1. The lowest BCUT2D eigenvalue weighted by molar-refractivity contribution is -0.125. The van der Waals surface area contributed by atoms with Gasteiger partial charge in [-0.1, -0.05) is 66.2 Å². The van der Waals surface area contributed by atoms with Crippen LogP contribution in [-0.4, -0.2) is 38.1 Å². The highest BCUT2D eigenvalue weighted by Crippen LogP contribution is 2.37. The maximum atomic E-state index is 13.4. The van der Waals surface area contributed by atoms with E-state index in [2.05, 4.69) is 57.6 Å². The van der Waals surface area contributed by atoms with Crippen LogP contribution in [0, 0.1) is 5.92 Å². The standard InChI is InChI=1S/C27H28ClN3O/c28-22-10-6-11-23(18-22)30-15-16-31-25-12-5-4-9-21(25)17-24(26(31)19-30)27(32)29-14-13-20-7-2-1-3-8-20/h1-12,18,24,26H,13-17,19H2,(H,29,32)/t24-,26+/m1/s1. The molecule has 32 heavy (non-hydrogen) atoms. The molecule has 4 nitrogen and oxygen atoms in total. The fourth-order valence-electron chi connectivity index (χ4n) is 5.07. The van der Waals surface area contributed by atoms with Crippen LogP contribution in [0.2, 0.25) is 5.02 Å². The van der Waals surface area contributed by atoms with Crippen LogP contribution in [0.3, 0.4) is 0 Å². The van der Waals surface area contributed by atoms with Crippen LogP contribution in [-0.2, 0) is 17.6 Å². The van der Waals surface area contributed by atoms with Gasteiger partial charge in [-0.25, -0.2) is 0 Å². The number of hydrogen-bond acceptors (Lipinski definition) is 3. The van der Waals surface area contributed by atoms with Gasteiger partial charge in [0.05, 0.1) is 12.0 Å². The largest absolute Gasteiger partial charge is 0.368 e. The number of nitrogens with zero attached hydrogens (tertiary/aromatic N) is 2. The zero-order valence-electron chi connectivity index (χ0n) is 18.1. The summed E-state index contributed by atoms with van der Waals surface area (Å²) in [7, 11) is 0. The van der Waals surface area contributed by atoms with Gasteiger partial charge in [0.2, 0.25) is 5.91 Å². The fourth-order valence-corrected chi connectivity index (χ4v) is 5.26. The molecule has 0 aromatic heterocycles. The first-order valence-electron chi connectivity index (χ1n) is 11.4. The fraction of sp³-hybridized carbons (Fsp3) is 0.296. The topological polar surface area (TPSA) is 35.6 Å². The molecular formula is C27H28ClN3O. The van der Waals surface area contributed by atoms with Gasteiger partial charge < -0.3 is 15.1 Å². The number of nitrogens with one attached hydrogen (secondary N) is 1. The van der Waals surface area contributed by atoms with Crippen molar-refractivity contribution >= 4 is 28.9 Å². The molecule has 0 unspecified atom stereocenters. The molecule has 2 heterocycles. The van der Waals surface area contributed by atoms with E-state index in [4.69, 9.17) is 11.6 Å². The third-order valence-corrected chi connectivity index (χ3v) is 6.92. The summed E-state index contributed by atoms with van der Waals surface area (Å²) < 4.78 is 0. The van der Waals surface area contributed by atoms with Crippen molar-refractivity contribution in [2.75, 3.05) is 36.0 Å². The minimum atomic E-state index is -0.0809. The number of piperazine rings is 1. The Morgan fingerprint density at radius 2 is 1.78 bits per heavy atom. The van der Waals surface area contributed by atoms with Crippen molar-refractivity contribution < 1.29 is 4.79 Å². The molecule has 5 rings (SSSR count). The maximum absolute atomic E-state index is 13.4. The number of amides is 1. The van der Waals surface area contributed by atoms with Crippen LogP contribution in [0.25, 0.3) is 0 Å². The van der Waals surface area contributed by atoms with E-state index in [1.54, 1.807) is 0 Å². The summed E-state index contributed by atoms with van der Waals surface area (Å²) in [5.41, 5.74) is 4.91. The highest BCUT2D eigenvalue weighted by atomic mass is 35.5. The lowest BCUT2D eigenvalue weighted by Gasteiger charge is -2.49. The average Bonchev–Trinajstić information content (AvgIpc) is 2.84. The van der Waals surface area contributed by atoms with Crippen molar-refractivity contribution in [3.63, 3.8) is 0 Å². The molecule has 2 aliphatic heterocycles. The van der Waals surface area contributed by atoms with Gasteiger partial charge in [0.25, 0.3) is 0 Å². The summed E-state index contributed by atoms with van der Waals surface area (Å²) in [5.74, 6) is 0.0704. The van der Waals surface area contributed by atoms with Crippen LogP contribution < -0.4 is 15.1 Å². The zero-order valence-corrected chi connectivity index (χ0v) is 18.8. The lowest BCUT2D eigenvalue weighted by Crippen LogP contribution is -2.61. The molecule has 3 aromatic rings. The molecule has 5 heteroatoms. The highest BCUT2D eigenvalue weighted by Gasteiger charge is 2.41. The smallest absolute Gasteiger partial charge is 0.225 e. The third kappa shape index (κ3) is 4.33. The number of halogens is 1. The van der Waals surface area contributed by atoms with Gasteiger partial charge in [-0.2, -0.15) is 0 Å². The van der Waals surface area contributed by atoms with Crippen molar-refractivity contribution in [1.29, 1.82) is 0 Å². The summed E-state index contributed by atoms with van der Waals surface area (Å²) in [5, 5.41) is 3.97. The number of carbonyl (C=O) groups is 1. The number of carbonyl (C=O) groups excluding carboxylic acids is 1. The van der Waals surface area contributed by atoms with Gasteiger partial charge in [-0.3, -0.25) is 4.79 Å². The molecule has 1 saturated heterocycles. The van der Waals surface area contributed by atoms with Crippen molar-refractivity contribution in [2.45, 2.75) is 18.9 Å². The van der Waals surface area contributed by atoms with Crippen molar-refractivity contribution in [1.82, 2.24) is 5.32 Å². The van der Waals surface area contributed by atoms with E-state index < -0.39 is 0 Å². The molecule has 0 bridgehead atoms. The average molecular weight is 446 g/mol. The second-order valence-electron chi connectivity index (χ2n) is 8.65. The van der Waals surface area contributed by atoms with E-state index in [1.807, 2.05) is 36.4 Å². The van der Waals surface area contributed by atoms with Gasteiger partial charge >= 0.3 is 0 Å². The molecule has 0 radical (unpaired) electrons. The van der Waals surface area contributed by atoms with Gasteiger partial charge in [0.15, 0.2) is 0 Å². The Labute approximate surface area is 194 Å². The molecule has 2 aliphatic rings. The van der Waals surface area contributed by atoms with Crippen LogP contribution in [0.5, 0.6) is 0 Å². The third-order valence-electron chi connectivity index (χ3n) is 6.69. The molecule has 1 fully saturated rings. The van der Waals surface area contributed by atoms with Gasteiger partial charge in [0, 0.05) is 42.6 Å². The first kappa shape index (κ1) is 20.9. The Bertz CT molecular complexity index is 1090. The molecule has 2 atom stereocenters. The molecule has 3 aromatic carbocycles. The Morgan fingerprint density at radius 3 is 2.62 bits per heavy atom. The first-order chi connectivity index (χ1) is 15.7. The molecule has 0 spiro atoms. The van der Waals surface area contributed by atoms with Crippen molar-refractivity contribution in [2.24, 2.45) is 5.92 Å². The van der Waals surface area contributed by atoms with E-state index in [9.17, 15) is 4.79 Å². The first-order valence-corrected chi connectivity index (χ1v) is 11.7. The molecular weight excluding hydrogens is 418 g/mol. The lowest BCUT2D eigenvalue weighted by atomic mass is 9.83. The van der Waals surface area contributed by atoms with Crippen molar-refractivity contribution in [3.05, 3.63) is 95.0 Å². The minimum absolute atomic E-state index is 0.0809. The Hall–Kier alpha value is -2.98. The Morgan fingerprint density at radius 1 is 0.969 bits per heavy atom. The van der Waals surface area contributed by atoms with Gasteiger partial charge in [0.1, 0.15) is 0 Å². The van der Waals surface area contributed by atoms with Crippen molar-refractivity contribution in [3.8, 4) is 0 Å². The van der Waals surface area contributed by atoms with E-state index in [0.717, 1.165) is 43.2 Å². The Kier molecular flexibility index (Phi) is 6.04. The highest BCUT2D eigenvalue weighted by molar-refractivity contribution is 6.30. The zero-order chi connectivity index (χ0) is 21.9. The van der Waals surface area contributed by atoms with E-state index in [1.165, 1.54) is 16.8 Å². The van der Waals surface area contributed by atoms with Crippen LogP contribution in [0.15, 0.2) is 78.9 Å². The van der Waals surface area contributed by atoms with Crippen LogP contribution in [0.4, 0.5) is 11.4 Å².